The Kier molecular flexibility index (Phi) is 4.37. The van der Waals surface area contributed by atoms with Gasteiger partial charge < -0.3 is 15.2 Å². The number of aromatic amines is 1. The summed E-state index contributed by atoms with van der Waals surface area (Å²) in [5.41, 5.74) is 7.33. The summed E-state index contributed by atoms with van der Waals surface area (Å²) in [5.74, 6) is -0.281. The molecule has 2 aliphatic rings. The van der Waals surface area contributed by atoms with E-state index in [-0.39, 0.29) is 23.3 Å². The number of nitrogens with one attached hydrogen (secondary N) is 2. The van der Waals surface area contributed by atoms with Crippen molar-refractivity contribution in [2.45, 2.75) is 38.1 Å². The van der Waals surface area contributed by atoms with Crippen molar-refractivity contribution in [2.75, 3.05) is 11.9 Å². The number of hydrogen-bond donors (Lipinski definition) is 2. The number of para-hydroxylation sites is 1. The minimum atomic E-state index is -0.315. The average Bonchev–Trinajstić information content (AvgIpc) is 3.42. The Labute approximate surface area is 192 Å². The van der Waals surface area contributed by atoms with Crippen molar-refractivity contribution < 1.29 is 9.18 Å². The number of carbonyl (C=O) groups is 1. The zero-order valence-electron chi connectivity index (χ0n) is 18.8. The number of nitrogens with zero attached hydrogens (tertiary/aromatic N) is 1. The summed E-state index contributed by atoms with van der Waals surface area (Å²) >= 11 is 0. The molecule has 1 saturated carbocycles. The topological polar surface area (TPSA) is 48.1 Å². The van der Waals surface area contributed by atoms with Crippen LogP contribution in [0.3, 0.4) is 0 Å². The molecule has 0 saturated heterocycles. The Hall–Kier alpha value is -3.60. The van der Waals surface area contributed by atoms with Gasteiger partial charge in [0.15, 0.2) is 0 Å². The number of H-pyrrole nitrogens is 1. The molecule has 2 amide bonds. The predicted octanol–water partition coefficient (Wildman–Crippen LogP) is 6.59. The third kappa shape index (κ3) is 3.30. The fourth-order valence-electron chi connectivity index (χ4n) is 5.57. The van der Waals surface area contributed by atoms with Crippen LogP contribution in [0, 0.1) is 19.7 Å². The lowest BCUT2D eigenvalue weighted by Gasteiger charge is -2.40. The highest BCUT2D eigenvalue weighted by atomic mass is 19.1. The second-order valence-electron chi connectivity index (χ2n) is 9.63. The zero-order chi connectivity index (χ0) is 22.7. The SMILES string of the molecule is Cc1cc(C)cc(NC(=O)N2CC3(CC3)c3c([nH]c4ccccc34)C2c2ccc(F)cc2)c1. The fraction of sp³-hybridized carbons (Fsp3) is 0.250. The van der Waals surface area contributed by atoms with Gasteiger partial charge in [0.2, 0.25) is 0 Å². The Morgan fingerprint density at radius 2 is 1.73 bits per heavy atom. The first-order valence-corrected chi connectivity index (χ1v) is 11.5. The van der Waals surface area contributed by atoms with E-state index in [2.05, 4.69) is 34.6 Å². The molecule has 1 aliphatic carbocycles. The number of fused-ring (bicyclic) bond motifs is 4. The number of hydrogen-bond acceptors (Lipinski definition) is 1. The average molecular weight is 440 g/mol. The van der Waals surface area contributed by atoms with Crippen LogP contribution in [0.2, 0.25) is 0 Å². The number of rotatable bonds is 2. The molecule has 3 aromatic carbocycles. The van der Waals surface area contributed by atoms with Crippen LogP contribution in [0.1, 0.15) is 46.8 Å². The molecule has 1 aliphatic heterocycles. The number of carbonyl (C=O) groups excluding carboxylic acids is 1. The highest BCUT2D eigenvalue weighted by Crippen LogP contribution is 2.57. The molecule has 0 bridgehead atoms. The molecule has 4 aromatic rings. The van der Waals surface area contributed by atoms with Gasteiger partial charge in [-0.1, -0.05) is 36.4 Å². The molecule has 1 spiro atoms. The minimum Gasteiger partial charge on any atom is -0.356 e. The van der Waals surface area contributed by atoms with Crippen molar-refractivity contribution in [3.05, 3.63) is 100 Å². The summed E-state index contributed by atoms with van der Waals surface area (Å²) in [7, 11) is 0. The number of halogens is 1. The van der Waals surface area contributed by atoms with E-state index in [0.29, 0.717) is 6.54 Å². The van der Waals surface area contributed by atoms with Crippen molar-refractivity contribution >= 4 is 22.6 Å². The van der Waals surface area contributed by atoms with Gasteiger partial charge in [-0.05, 0) is 79.3 Å². The van der Waals surface area contributed by atoms with E-state index >= 15 is 0 Å². The maximum absolute atomic E-state index is 13.8. The predicted molar refractivity (Wildman–Crippen MR) is 129 cm³/mol. The summed E-state index contributed by atoms with van der Waals surface area (Å²) in [5, 5.41) is 4.36. The lowest BCUT2D eigenvalue weighted by atomic mass is 9.83. The third-order valence-corrected chi connectivity index (χ3v) is 7.10. The fourth-order valence-corrected chi connectivity index (χ4v) is 5.57. The Balaban J connectivity index is 1.48. The molecule has 6 rings (SSSR count). The first-order valence-electron chi connectivity index (χ1n) is 11.5. The number of benzene rings is 3. The summed E-state index contributed by atoms with van der Waals surface area (Å²) in [6.45, 7) is 4.70. The quantitative estimate of drug-likeness (QED) is 0.364. The van der Waals surface area contributed by atoms with Crippen molar-refractivity contribution in [1.29, 1.82) is 0 Å². The molecule has 1 fully saturated rings. The molecule has 1 atom stereocenters. The number of aryl methyl sites for hydroxylation is 2. The van der Waals surface area contributed by atoms with E-state index in [1.165, 1.54) is 23.1 Å². The van der Waals surface area contributed by atoms with E-state index in [0.717, 1.165) is 46.4 Å². The van der Waals surface area contributed by atoms with Gasteiger partial charge in [-0.2, -0.15) is 0 Å². The minimum absolute atomic E-state index is 0.0225. The summed E-state index contributed by atoms with van der Waals surface area (Å²) in [4.78, 5) is 19.3. The maximum Gasteiger partial charge on any atom is 0.322 e. The van der Waals surface area contributed by atoms with Gasteiger partial charge in [0, 0.05) is 34.2 Å². The van der Waals surface area contributed by atoms with Crippen molar-refractivity contribution in [1.82, 2.24) is 9.88 Å². The molecule has 1 unspecified atom stereocenters. The number of anilines is 1. The first kappa shape index (κ1) is 20.0. The maximum atomic E-state index is 13.8. The van der Waals surface area contributed by atoms with Crippen LogP contribution in [0.15, 0.2) is 66.7 Å². The Morgan fingerprint density at radius 3 is 2.42 bits per heavy atom. The Morgan fingerprint density at radius 1 is 1.03 bits per heavy atom. The molecule has 0 radical (unpaired) electrons. The smallest absolute Gasteiger partial charge is 0.322 e. The lowest BCUT2D eigenvalue weighted by molar-refractivity contribution is 0.181. The summed E-state index contributed by atoms with van der Waals surface area (Å²) in [6, 6.07) is 20.5. The molecule has 1 aromatic heterocycles. The first-order chi connectivity index (χ1) is 15.9. The van der Waals surface area contributed by atoms with Crippen LogP contribution < -0.4 is 5.32 Å². The zero-order valence-corrected chi connectivity index (χ0v) is 18.8. The molecular weight excluding hydrogens is 413 g/mol. The number of urea groups is 1. The van der Waals surface area contributed by atoms with Gasteiger partial charge in [-0.25, -0.2) is 9.18 Å². The lowest BCUT2D eigenvalue weighted by Crippen LogP contribution is -2.47. The van der Waals surface area contributed by atoms with Gasteiger partial charge in [0.25, 0.3) is 0 Å². The second kappa shape index (κ2) is 7.20. The largest absolute Gasteiger partial charge is 0.356 e. The van der Waals surface area contributed by atoms with Crippen LogP contribution in [-0.4, -0.2) is 22.5 Å². The number of amides is 2. The van der Waals surface area contributed by atoms with Crippen molar-refractivity contribution in [2.24, 2.45) is 0 Å². The molecule has 166 valence electrons. The van der Waals surface area contributed by atoms with Gasteiger partial charge >= 0.3 is 6.03 Å². The van der Waals surface area contributed by atoms with Crippen molar-refractivity contribution in [3.63, 3.8) is 0 Å². The second-order valence-corrected chi connectivity index (χ2v) is 9.63. The van der Waals surface area contributed by atoms with Crippen LogP contribution in [-0.2, 0) is 5.41 Å². The van der Waals surface area contributed by atoms with Gasteiger partial charge in [-0.3, -0.25) is 0 Å². The molecule has 2 heterocycles. The third-order valence-electron chi connectivity index (χ3n) is 7.10. The van der Waals surface area contributed by atoms with E-state index < -0.39 is 0 Å². The van der Waals surface area contributed by atoms with E-state index in [4.69, 9.17) is 0 Å². The van der Waals surface area contributed by atoms with E-state index in [1.54, 1.807) is 12.1 Å². The highest BCUT2D eigenvalue weighted by molar-refractivity contribution is 5.92. The molecule has 33 heavy (non-hydrogen) atoms. The van der Waals surface area contributed by atoms with Crippen LogP contribution in [0.5, 0.6) is 0 Å². The number of aromatic nitrogens is 1. The summed E-state index contributed by atoms with van der Waals surface area (Å²) < 4.78 is 13.8. The van der Waals surface area contributed by atoms with E-state index in [9.17, 15) is 9.18 Å². The highest BCUT2D eigenvalue weighted by Gasteiger charge is 2.54. The van der Waals surface area contributed by atoms with E-state index in [1.807, 2.05) is 36.9 Å². The van der Waals surface area contributed by atoms with Gasteiger partial charge in [0.1, 0.15) is 5.82 Å². The van der Waals surface area contributed by atoms with Gasteiger partial charge in [0.05, 0.1) is 6.04 Å². The van der Waals surface area contributed by atoms with Crippen LogP contribution in [0.25, 0.3) is 10.9 Å². The normalized spacial score (nSPS) is 18.4. The molecule has 5 heteroatoms. The van der Waals surface area contributed by atoms with Crippen LogP contribution in [0.4, 0.5) is 14.9 Å². The van der Waals surface area contributed by atoms with Crippen LogP contribution >= 0.6 is 0 Å². The van der Waals surface area contributed by atoms with Gasteiger partial charge in [-0.15, -0.1) is 0 Å². The molecule has 2 N–H and O–H groups in total. The monoisotopic (exact) mass is 439 g/mol. The summed E-state index contributed by atoms with van der Waals surface area (Å²) in [6.07, 6.45) is 2.12. The Bertz CT molecular complexity index is 1360. The molecular formula is C28H26FN3O. The standard InChI is InChI=1S/C28H26FN3O/c1-17-13-18(2)15-21(14-17)30-27(33)32-16-28(11-12-28)24-22-5-3-4-6-23(22)31-25(24)26(32)19-7-9-20(29)10-8-19/h3-10,13-15,26,31H,11-12,16H2,1-2H3,(H,30,33). The van der Waals surface area contributed by atoms with Crippen molar-refractivity contribution in [3.8, 4) is 0 Å². The molecule has 4 nitrogen and oxygen atoms in total.